The zero-order valence-electron chi connectivity index (χ0n) is 23.0. The lowest BCUT2D eigenvalue weighted by molar-refractivity contribution is -0.384. The Morgan fingerprint density at radius 2 is 1.65 bits per heavy atom. The average molecular weight is 629 g/mol. The molecule has 2 atom stereocenters. The fourth-order valence-corrected chi connectivity index (χ4v) is 7.49. The summed E-state index contributed by atoms with van der Waals surface area (Å²) in [6.07, 6.45) is 1.30. The Hall–Kier alpha value is -4.34. The molecule has 1 heterocycles. The number of carbonyl (C=O) groups excluding carboxylic acids is 1. The van der Waals surface area contributed by atoms with Gasteiger partial charge in [-0.05, 0) is 54.7 Å². The lowest BCUT2D eigenvalue weighted by atomic mass is 9.98. The fraction of sp³-hybridized carbons (Fsp3) is 0.286. The van der Waals surface area contributed by atoms with E-state index in [1.807, 2.05) is 0 Å². The van der Waals surface area contributed by atoms with Gasteiger partial charge in [0.05, 0.1) is 25.7 Å². The second-order valence-electron chi connectivity index (χ2n) is 10.2. The largest absolute Gasteiger partial charge is 0.370 e. The van der Waals surface area contributed by atoms with Crippen LogP contribution in [0.1, 0.15) is 30.9 Å². The first kappa shape index (κ1) is 31.6. The van der Waals surface area contributed by atoms with Crippen LogP contribution in [-0.2, 0) is 24.7 Å². The maximum Gasteiger partial charge on any atom is 0.269 e. The molecule has 228 valence electrons. The number of nitrogens with zero attached hydrogens (tertiary/aromatic N) is 2. The van der Waals surface area contributed by atoms with Crippen LogP contribution in [0.15, 0.2) is 93.5 Å². The first-order chi connectivity index (χ1) is 20.4. The average Bonchev–Trinajstić information content (AvgIpc) is 3.00. The summed E-state index contributed by atoms with van der Waals surface area (Å²) in [6.45, 7) is 1.47. The molecule has 0 bridgehead atoms. The number of sulfone groups is 1. The number of likely N-dealkylation sites (tertiary alicyclic amines) is 1. The molecule has 1 saturated heterocycles. The molecular weight excluding hydrogens is 596 g/mol. The van der Waals surface area contributed by atoms with E-state index in [2.05, 4.69) is 10.0 Å². The zero-order chi connectivity index (χ0) is 31.2. The van der Waals surface area contributed by atoms with Gasteiger partial charge in [-0.3, -0.25) is 20.3 Å². The third-order valence-corrected chi connectivity index (χ3v) is 10.4. The van der Waals surface area contributed by atoms with Gasteiger partial charge in [0.2, 0.25) is 25.8 Å². The van der Waals surface area contributed by atoms with E-state index in [9.17, 15) is 31.7 Å². The van der Waals surface area contributed by atoms with Gasteiger partial charge >= 0.3 is 0 Å². The van der Waals surface area contributed by atoms with Gasteiger partial charge < -0.3 is 16.0 Å². The van der Waals surface area contributed by atoms with Crippen LogP contribution in [0, 0.1) is 21.4 Å². The van der Waals surface area contributed by atoms with Crippen molar-refractivity contribution in [2.24, 2.45) is 11.7 Å². The van der Waals surface area contributed by atoms with Gasteiger partial charge in [0.25, 0.3) is 5.69 Å². The van der Waals surface area contributed by atoms with Crippen LogP contribution >= 0.6 is 0 Å². The van der Waals surface area contributed by atoms with Crippen LogP contribution in [0.3, 0.4) is 0 Å². The molecule has 3 aromatic carbocycles. The van der Waals surface area contributed by atoms with E-state index in [1.165, 1.54) is 54.6 Å². The van der Waals surface area contributed by atoms with E-state index >= 15 is 0 Å². The SMILES string of the molecule is N=C(N)N1CCCC(CNC(=O)CC(NS(=O)(=O)c2cccc(S(=O)(=O)c3ccccc3)c2)c2ccc([N+](=O)[O-])cc2)C1. The van der Waals surface area contributed by atoms with Crippen molar-refractivity contribution < 1.29 is 26.6 Å². The quantitative estimate of drug-likeness (QED) is 0.106. The highest BCUT2D eigenvalue weighted by Crippen LogP contribution is 2.26. The van der Waals surface area contributed by atoms with E-state index in [4.69, 9.17) is 11.1 Å². The number of benzene rings is 3. The van der Waals surface area contributed by atoms with Crippen LogP contribution in [0.25, 0.3) is 0 Å². The van der Waals surface area contributed by atoms with Crippen molar-refractivity contribution in [3.8, 4) is 0 Å². The standard InChI is InChI=1S/C28H32N6O7S2/c29-28(30)33-15-5-6-20(19-33)18-31-27(35)17-26(21-11-13-22(14-12-21)34(36)37)32-43(40,41)25-10-4-9-24(16-25)42(38,39)23-7-2-1-3-8-23/h1-4,7-14,16,20,26,32H,5-6,15,17-19H2,(H3,29,30)(H,31,35). The molecule has 3 aromatic rings. The molecule has 4 rings (SSSR count). The second-order valence-corrected chi connectivity index (χ2v) is 13.8. The summed E-state index contributed by atoms with van der Waals surface area (Å²) in [6, 6.07) is 16.5. The molecular formula is C28H32N6O7S2. The van der Waals surface area contributed by atoms with E-state index in [0.29, 0.717) is 25.2 Å². The van der Waals surface area contributed by atoms with E-state index < -0.39 is 36.7 Å². The summed E-state index contributed by atoms with van der Waals surface area (Å²) in [7, 11) is -8.38. The van der Waals surface area contributed by atoms with Gasteiger partial charge in [-0.15, -0.1) is 0 Å². The molecule has 1 fully saturated rings. The third kappa shape index (κ3) is 7.94. The Balaban J connectivity index is 1.56. The summed E-state index contributed by atoms with van der Waals surface area (Å²) in [4.78, 5) is 24.7. The minimum atomic E-state index is -4.37. The molecule has 2 unspecified atom stereocenters. The summed E-state index contributed by atoms with van der Waals surface area (Å²) in [5.74, 6) is -0.457. The maximum atomic E-state index is 13.5. The molecule has 0 radical (unpaired) electrons. The van der Waals surface area contributed by atoms with Crippen molar-refractivity contribution in [1.29, 1.82) is 5.41 Å². The summed E-state index contributed by atoms with van der Waals surface area (Å²) in [5, 5.41) is 21.6. The predicted octanol–water partition coefficient (Wildman–Crippen LogP) is 2.56. The molecule has 5 N–H and O–H groups in total. The van der Waals surface area contributed by atoms with Gasteiger partial charge in [-0.1, -0.05) is 36.4 Å². The lowest BCUT2D eigenvalue weighted by Gasteiger charge is -2.33. The Kier molecular flexibility index (Phi) is 9.78. The monoisotopic (exact) mass is 628 g/mol. The van der Waals surface area contributed by atoms with E-state index in [0.717, 1.165) is 18.9 Å². The van der Waals surface area contributed by atoms with E-state index in [-0.39, 0.29) is 38.7 Å². The molecule has 15 heteroatoms. The predicted molar refractivity (Wildman–Crippen MR) is 158 cm³/mol. The number of rotatable bonds is 11. The van der Waals surface area contributed by atoms with Gasteiger partial charge in [0.15, 0.2) is 5.96 Å². The number of piperidine rings is 1. The first-order valence-electron chi connectivity index (χ1n) is 13.4. The number of non-ortho nitro benzene ring substituents is 1. The number of nitro benzene ring substituents is 1. The summed E-state index contributed by atoms with van der Waals surface area (Å²) < 4.78 is 55.7. The molecule has 43 heavy (non-hydrogen) atoms. The van der Waals surface area contributed by atoms with Crippen LogP contribution in [0.5, 0.6) is 0 Å². The number of hydrogen-bond acceptors (Lipinski definition) is 8. The number of nitro groups is 1. The van der Waals surface area contributed by atoms with Gasteiger partial charge in [-0.25, -0.2) is 21.6 Å². The Morgan fingerprint density at radius 3 is 2.30 bits per heavy atom. The highest BCUT2D eigenvalue weighted by Gasteiger charge is 2.27. The Morgan fingerprint density at radius 1 is 1.00 bits per heavy atom. The summed E-state index contributed by atoms with van der Waals surface area (Å²) >= 11 is 0. The topological polar surface area (TPSA) is 206 Å². The van der Waals surface area contributed by atoms with Crippen molar-refractivity contribution in [2.75, 3.05) is 19.6 Å². The molecule has 0 aromatic heterocycles. The molecule has 0 spiro atoms. The molecule has 1 aliphatic heterocycles. The number of nitrogens with one attached hydrogen (secondary N) is 3. The molecule has 0 saturated carbocycles. The Labute approximate surface area is 249 Å². The maximum absolute atomic E-state index is 13.5. The lowest BCUT2D eigenvalue weighted by Crippen LogP contribution is -2.46. The highest BCUT2D eigenvalue weighted by atomic mass is 32.2. The van der Waals surface area contributed by atoms with Crippen LogP contribution in [-0.4, -0.2) is 58.2 Å². The van der Waals surface area contributed by atoms with Crippen molar-refractivity contribution in [2.45, 2.75) is 40.0 Å². The van der Waals surface area contributed by atoms with Gasteiger partial charge in [-0.2, -0.15) is 0 Å². The molecule has 1 aliphatic rings. The Bertz CT molecular complexity index is 1700. The number of nitrogens with two attached hydrogens (primary N) is 1. The third-order valence-electron chi connectivity index (χ3n) is 7.12. The van der Waals surface area contributed by atoms with Crippen molar-refractivity contribution in [3.63, 3.8) is 0 Å². The molecule has 0 aliphatic carbocycles. The van der Waals surface area contributed by atoms with Crippen molar-refractivity contribution in [3.05, 3.63) is 94.5 Å². The minimum Gasteiger partial charge on any atom is -0.370 e. The number of carbonyl (C=O) groups is 1. The van der Waals surface area contributed by atoms with Crippen LogP contribution in [0.4, 0.5) is 5.69 Å². The number of hydrogen-bond donors (Lipinski definition) is 4. The fourth-order valence-electron chi connectivity index (χ4n) is 4.82. The molecule has 13 nitrogen and oxygen atoms in total. The van der Waals surface area contributed by atoms with Crippen molar-refractivity contribution >= 4 is 37.4 Å². The highest BCUT2D eigenvalue weighted by molar-refractivity contribution is 7.91. The number of sulfonamides is 1. The number of guanidine groups is 1. The van der Waals surface area contributed by atoms with Gasteiger partial charge in [0.1, 0.15) is 0 Å². The van der Waals surface area contributed by atoms with Crippen LogP contribution in [0.2, 0.25) is 0 Å². The normalized spacial score (nSPS) is 16.3. The molecule has 1 amide bonds. The second kappa shape index (κ2) is 13.3. The smallest absolute Gasteiger partial charge is 0.269 e. The van der Waals surface area contributed by atoms with Crippen molar-refractivity contribution in [1.82, 2.24) is 14.9 Å². The van der Waals surface area contributed by atoms with Gasteiger partial charge in [0, 0.05) is 38.2 Å². The number of amides is 1. The minimum absolute atomic E-state index is 0.00215. The summed E-state index contributed by atoms with van der Waals surface area (Å²) in [5.41, 5.74) is 5.69. The van der Waals surface area contributed by atoms with E-state index in [1.54, 1.807) is 23.1 Å². The zero-order valence-corrected chi connectivity index (χ0v) is 24.7. The first-order valence-corrected chi connectivity index (χ1v) is 16.4. The van der Waals surface area contributed by atoms with Crippen LogP contribution < -0.4 is 15.8 Å².